The fourth-order valence-electron chi connectivity index (χ4n) is 5.93. The molecular weight excluding hydrogens is 352 g/mol. The topological polar surface area (TPSA) is 23.6 Å². The minimum atomic E-state index is 0.356. The van der Waals surface area contributed by atoms with E-state index < -0.39 is 0 Å². The van der Waals surface area contributed by atoms with Gasteiger partial charge in [-0.15, -0.1) is 11.3 Å². The molecule has 2 saturated heterocycles. The number of benzene rings is 1. The molecule has 5 rings (SSSR count). The van der Waals surface area contributed by atoms with Crippen molar-refractivity contribution in [3.05, 3.63) is 35.2 Å². The number of likely N-dealkylation sites (tertiary alicyclic amines) is 2. The lowest BCUT2D eigenvalue weighted by Crippen LogP contribution is -2.60. The van der Waals surface area contributed by atoms with Gasteiger partial charge < -0.3 is 4.90 Å². The summed E-state index contributed by atoms with van der Waals surface area (Å²) in [6.45, 7) is 3.44. The molecule has 1 saturated carbocycles. The molecule has 4 heteroatoms. The van der Waals surface area contributed by atoms with Gasteiger partial charge in [0.15, 0.2) is 0 Å². The molecule has 2 aliphatic heterocycles. The van der Waals surface area contributed by atoms with Gasteiger partial charge in [-0.2, -0.15) is 0 Å². The summed E-state index contributed by atoms with van der Waals surface area (Å²) in [7, 11) is 0. The highest BCUT2D eigenvalue weighted by molar-refractivity contribution is 7.17. The molecular formula is C23H30N2OS. The summed E-state index contributed by atoms with van der Waals surface area (Å²) in [6.07, 6.45) is 9.68. The molecule has 27 heavy (non-hydrogen) atoms. The van der Waals surface area contributed by atoms with Crippen molar-refractivity contribution >= 4 is 27.3 Å². The van der Waals surface area contributed by atoms with Crippen LogP contribution in [0.5, 0.6) is 0 Å². The monoisotopic (exact) mass is 382 g/mol. The lowest BCUT2D eigenvalue weighted by atomic mass is 9.74. The zero-order valence-corrected chi connectivity index (χ0v) is 16.9. The van der Waals surface area contributed by atoms with Crippen LogP contribution in [-0.2, 0) is 11.2 Å². The summed E-state index contributed by atoms with van der Waals surface area (Å²) < 4.78 is 1.30. The molecule has 3 atom stereocenters. The quantitative estimate of drug-likeness (QED) is 0.768. The van der Waals surface area contributed by atoms with Crippen molar-refractivity contribution < 1.29 is 4.79 Å². The van der Waals surface area contributed by atoms with E-state index in [1.54, 1.807) is 11.3 Å². The average Bonchev–Trinajstić information content (AvgIpc) is 3.39. The van der Waals surface area contributed by atoms with Gasteiger partial charge in [-0.25, -0.2) is 0 Å². The van der Waals surface area contributed by atoms with Crippen molar-refractivity contribution in [2.24, 2.45) is 5.92 Å². The molecule has 0 N–H and O–H groups in total. The summed E-state index contributed by atoms with van der Waals surface area (Å²) in [5.41, 5.74) is 1.20. The molecule has 1 amide bonds. The Hall–Kier alpha value is -1.39. The smallest absolute Gasteiger partial charge is 0.227 e. The van der Waals surface area contributed by atoms with Crippen LogP contribution < -0.4 is 0 Å². The number of carbonyl (C=O) groups excluding carboxylic acids is 1. The second kappa shape index (κ2) is 7.56. The van der Waals surface area contributed by atoms with Gasteiger partial charge in [0.2, 0.25) is 5.91 Å². The van der Waals surface area contributed by atoms with E-state index in [4.69, 9.17) is 0 Å². The van der Waals surface area contributed by atoms with Crippen LogP contribution >= 0.6 is 11.3 Å². The van der Waals surface area contributed by atoms with E-state index in [1.165, 1.54) is 73.7 Å². The van der Waals surface area contributed by atoms with Crippen molar-refractivity contribution in [2.45, 2.75) is 63.5 Å². The van der Waals surface area contributed by atoms with Crippen LogP contribution in [0.2, 0.25) is 0 Å². The summed E-state index contributed by atoms with van der Waals surface area (Å²) >= 11 is 1.77. The molecule has 0 bridgehead atoms. The molecule has 1 aromatic carbocycles. The third-order valence-corrected chi connectivity index (χ3v) is 8.03. The highest BCUT2D eigenvalue weighted by atomic mass is 32.1. The Morgan fingerprint density at radius 3 is 2.74 bits per heavy atom. The minimum Gasteiger partial charge on any atom is -0.338 e. The van der Waals surface area contributed by atoms with Gasteiger partial charge in [0, 0.05) is 17.3 Å². The number of hydrogen-bond donors (Lipinski definition) is 0. The Morgan fingerprint density at radius 1 is 1.00 bits per heavy atom. The van der Waals surface area contributed by atoms with E-state index in [0.29, 0.717) is 24.4 Å². The van der Waals surface area contributed by atoms with Gasteiger partial charge in [0.1, 0.15) is 0 Å². The van der Waals surface area contributed by atoms with E-state index in [0.717, 1.165) is 12.5 Å². The zero-order valence-electron chi connectivity index (χ0n) is 16.1. The van der Waals surface area contributed by atoms with Gasteiger partial charge in [-0.3, -0.25) is 9.69 Å². The third kappa shape index (κ3) is 3.31. The number of thiophene rings is 1. The minimum absolute atomic E-state index is 0.356. The van der Waals surface area contributed by atoms with Crippen molar-refractivity contribution in [1.82, 2.24) is 9.80 Å². The summed E-state index contributed by atoms with van der Waals surface area (Å²) in [5.74, 6) is 1.08. The number of piperidine rings is 1. The molecule has 3 nitrogen and oxygen atoms in total. The Balaban J connectivity index is 1.40. The maximum Gasteiger partial charge on any atom is 0.227 e. The van der Waals surface area contributed by atoms with Crippen LogP contribution in [0.1, 0.15) is 50.5 Å². The number of hydrogen-bond acceptors (Lipinski definition) is 3. The number of rotatable bonds is 3. The van der Waals surface area contributed by atoms with Gasteiger partial charge >= 0.3 is 0 Å². The first-order valence-corrected chi connectivity index (χ1v) is 11.7. The predicted octanol–water partition coefficient (Wildman–Crippen LogP) is 4.70. The van der Waals surface area contributed by atoms with Crippen molar-refractivity contribution in [3.63, 3.8) is 0 Å². The van der Waals surface area contributed by atoms with E-state index in [9.17, 15) is 4.79 Å². The molecule has 3 aliphatic rings. The fraction of sp³-hybridized carbons (Fsp3) is 0.609. The molecule has 1 aliphatic carbocycles. The van der Waals surface area contributed by atoms with Crippen molar-refractivity contribution in [3.8, 4) is 0 Å². The second-order valence-electron chi connectivity index (χ2n) is 8.65. The van der Waals surface area contributed by atoms with Crippen LogP contribution in [0.25, 0.3) is 10.1 Å². The summed E-state index contributed by atoms with van der Waals surface area (Å²) in [6, 6.07) is 9.65. The number of fused-ring (bicyclic) bond motifs is 2. The maximum absolute atomic E-state index is 13.5. The predicted molar refractivity (Wildman–Crippen MR) is 112 cm³/mol. The Morgan fingerprint density at radius 2 is 1.85 bits per heavy atom. The Labute approximate surface area is 166 Å². The van der Waals surface area contributed by atoms with E-state index in [-0.39, 0.29) is 0 Å². The first-order valence-electron chi connectivity index (χ1n) is 10.8. The van der Waals surface area contributed by atoms with E-state index in [2.05, 4.69) is 39.4 Å². The van der Waals surface area contributed by atoms with Gasteiger partial charge in [0.25, 0.3) is 0 Å². The second-order valence-corrected chi connectivity index (χ2v) is 9.60. The van der Waals surface area contributed by atoms with E-state index in [1.807, 2.05) is 0 Å². The van der Waals surface area contributed by atoms with Crippen LogP contribution in [-0.4, -0.2) is 47.4 Å². The van der Waals surface area contributed by atoms with Crippen LogP contribution in [0, 0.1) is 5.92 Å². The Kier molecular flexibility index (Phi) is 4.95. The zero-order chi connectivity index (χ0) is 18.2. The van der Waals surface area contributed by atoms with Crippen LogP contribution in [0.15, 0.2) is 29.6 Å². The molecule has 0 radical (unpaired) electrons. The summed E-state index contributed by atoms with van der Waals surface area (Å²) in [5, 5.41) is 3.41. The van der Waals surface area contributed by atoms with Crippen LogP contribution in [0.3, 0.4) is 0 Å². The number of nitrogens with zero attached hydrogens (tertiary/aromatic N) is 2. The van der Waals surface area contributed by atoms with Gasteiger partial charge in [-0.1, -0.05) is 18.6 Å². The molecule has 3 heterocycles. The highest BCUT2D eigenvalue weighted by Crippen LogP contribution is 2.39. The van der Waals surface area contributed by atoms with Gasteiger partial charge in [-0.05, 0) is 86.0 Å². The van der Waals surface area contributed by atoms with Gasteiger partial charge in [0.05, 0.1) is 12.5 Å². The standard InChI is InChI=1S/C23H30N2OS/c26-22(16-18-7-4-10-21-19(18)11-15-27-21)25-14-5-8-17-6-3-9-20(23(17)25)24-12-1-2-13-24/h4,7,10-11,15,17,20,23H,1-3,5-6,8-9,12-14,16H2. The molecule has 144 valence electrons. The number of amides is 1. The van der Waals surface area contributed by atoms with Crippen molar-refractivity contribution in [1.29, 1.82) is 0 Å². The maximum atomic E-state index is 13.5. The van der Waals surface area contributed by atoms with Crippen molar-refractivity contribution in [2.75, 3.05) is 19.6 Å². The normalized spacial score (nSPS) is 29.2. The Bertz CT molecular complexity index is 808. The largest absolute Gasteiger partial charge is 0.338 e. The SMILES string of the molecule is O=C(Cc1cccc2sccc12)N1CCCC2CCCC(N3CCCC3)C21. The molecule has 0 spiro atoms. The lowest BCUT2D eigenvalue weighted by Gasteiger charge is -2.51. The number of carbonyl (C=O) groups is 1. The molecule has 3 fully saturated rings. The molecule has 1 aromatic heterocycles. The lowest BCUT2D eigenvalue weighted by molar-refractivity contribution is -0.139. The fourth-order valence-corrected chi connectivity index (χ4v) is 6.77. The van der Waals surface area contributed by atoms with E-state index >= 15 is 0 Å². The third-order valence-electron chi connectivity index (χ3n) is 7.14. The molecule has 2 aromatic rings. The first kappa shape index (κ1) is 17.7. The highest BCUT2D eigenvalue weighted by Gasteiger charge is 2.44. The average molecular weight is 383 g/mol. The summed E-state index contributed by atoms with van der Waals surface area (Å²) in [4.78, 5) is 18.5. The molecule has 3 unspecified atom stereocenters. The first-order chi connectivity index (χ1) is 13.3. The van der Waals surface area contributed by atoms with Crippen LogP contribution in [0.4, 0.5) is 0 Å².